The fourth-order valence-electron chi connectivity index (χ4n) is 3.08. The monoisotopic (exact) mass is 384 g/mol. The van der Waals surface area contributed by atoms with Gasteiger partial charge in [0, 0.05) is 30.8 Å². The molecule has 1 aliphatic rings. The van der Waals surface area contributed by atoms with Crippen LogP contribution in [0.2, 0.25) is 0 Å². The van der Waals surface area contributed by atoms with Gasteiger partial charge in [-0.15, -0.1) is 11.8 Å². The van der Waals surface area contributed by atoms with E-state index in [1.165, 1.54) is 11.8 Å². The lowest BCUT2D eigenvalue weighted by Crippen LogP contribution is -2.29. The lowest BCUT2D eigenvalue weighted by molar-refractivity contribution is -0.127. The van der Waals surface area contributed by atoms with Gasteiger partial charge in [0.1, 0.15) is 0 Å². The molecule has 0 bridgehead atoms. The van der Waals surface area contributed by atoms with Gasteiger partial charge in [-0.1, -0.05) is 24.3 Å². The molecule has 0 aromatic heterocycles. The Morgan fingerprint density at radius 3 is 2.67 bits per heavy atom. The number of carbonyl (C=O) groups excluding carboxylic acids is 2. The summed E-state index contributed by atoms with van der Waals surface area (Å²) in [6.07, 6.45) is 2.16. The summed E-state index contributed by atoms with van der Waals surface area (Å²) in [7, 11) is 1.64. The number of thioether (sulfide) groups is 1. The van der Waals surface area contributed by atoms with Gasteiger partial charge in [-0.3, -0.25) is 9.59 Å². The van der Waals surface area contributed by atoms with E-state index >= 15 is 0 Å². The minimum Gasteiger partial charge on any atom is -0.380 e. The number of hydrogen-bond donors (Lipinski definition) is 1. The molecule has 1 fully saturated rings. The summed E-state index contributed by atoms with van der Waals surface area (Å²) in [5.74, 6) is 0.314. The van der Waals surface area contributed by atoms with Gasteiger partial charge in [0.15, 0.2) is 0 Å². The quantitative estimate of drug-likeness (QED) is 0.738. The summed E-state index contributed by atoms with van der Waals surface area (Å²) in [5, 5.41) is 2.94. The predicted molar refractivity (Wildman–Crippen MR) is 108 cm³/mol. The first-order chi connectivity index (χ1) is 13.2. The molecule has 1 aliphatic heterocycles. The van der Waals surface area contributed by atoms with Crippen molar-refractivity contribution in [3.63, 3.8) is 0 Å². The van der Waals surface area contributed by atoms with Crippen LogP contribution in [0.15, 0.2) is 53.4 Å². The Labute approximate surface area is 164 Å². The summed E-state index contributed by atoms with van der Waals surface area (Å²) in [4.78, 5) is 27.8. The van der Waals surface area contributed by atoms with Crippen LogP contribution in [0.25, 0.3) is 0 Å². The normalized spacial score (nSPS) is 13.6. The number of benzene rings is 2. The lowest BCUT2D eigenvalue weighted by Gasteiger charge is -2.15. The number of hydrogen-bond acceptors (Lipinski definition) is 4. The van der Waals surface area contributed by atoms with Crippen molar-refractivity contribution >= 4 is 29.3 Å². The van der Waals surface area contributed by atoms with Crippen LogP contribution in [-0.2, 0) is 16.1 Å². The van der Waals surface area contributed by atoms with Crippen LogP contribution in [0.4, 0.5) is 5.69 Å². The lowest BCUT2D eigenvalue weighted by atomic mass is 10.2. The van der Waals surface area contributed by atoms with Crippen molar-refractivity contribution in [3.8, 4) is 0 Å². The molecule has 2 aromatic carbocycles. The third-order valence-electron chi connectivity index (χ3n) is 4.44. The Balaban J connectivity index is 1.66. The molecule has 0 atom stereocenters. The van der Waals surface area contributed by atoms with E-state index in [0.29, 0.717) is 17.9 Å². The smallest absolute Gasteiger partial charge is 0.256 e. The van der Waals surface area contributed by atoms with Crippen molar-refractivity contribution in [1.82, 2.24) is 4.90 Å². The minimum atomic E-state index is -0.179. The van der Waals surface area contributed by atoms with Crippen LogP contribution in [0, 0.1) is 0 Å². The van der Waals surface area contributed by atoms with Crippen LogP contribution < -0.4 is 5.32 Å². The number of nitrogens with one attached hydrogen (secondary N) is 1. The van der Waals surface area contributed by atoms with Gasteiger partial charge in [0.05, 0.1) is 17.9 Å². The highest BCUT2D eigenvalue weighted by atomic mass is 32.2. The Hall–Kier alpha value is -2.31. The van der Waals surface area contributed by atoms with E-state index in [9.17, 15) is 9.59 Å². The van der Waals surface area contributed by atoms with E-state index in [4.69, 9.17) is 4.74 Å². The maximum absolute atomic E-state index is 12.8. The summed E-state index contributed by atoms with van der Waals surface area (Å²) >= 11 is 1.42. The molecule has 1 saturated heterocycles. The average Bonchev–Trinajstić information content (AvgIpc) is 3.22. The van der Waals surface area contributed by atoms with Gasteiger partial charge in [0.25, 0.3) is 5.91 Å². The molecule has 0 unspecified atom stereocenters. The molecule has 6 heteroatoms. The number of carbonyl (C=O) groups is 2. The summed E-state index contributed by atoms with van der Waals surface area (Å²) < 4.78 is 5.14. The molecule has 1 heterocycles. The van der Waals surface area contributed by atoms with Crippen molar-refractivity contribution < 1.29 is 14.3 Å². The van der Waals surface area contributed by atoms with Gasteiger partial charge in [-0.2, -0.15) is 0 Å². The van der Waals surface area contributed by atoms with Crippen molar-refractivity contribution in [2.24, 2.45) is 0 Å². The molecule has 0 radical (unpaired) electrons. The standard InChI is InChI=1S/C21H24N2O3S/c1-26-14-16-7-6-8-17(13-16)22-21(25)18-9-2-3-10-19(18)27-15-20(24)23-11-4-5-12-23/h2-3,6-10,13H,4-5,11-12,14-15H2,1H3,(H,22,25). The second-order valence-corrected chi connectivity index (χ2v) is 7.48. The fourth-order valence-corrected chi connectivity index (χ4v) is 4.03. The summed E-state index contributed by atoms with van der Waals surface area (Å²) in [6.45, 7) is 2.19. The molecular formula is C21H24N2O3S. The van der Waals surface area contributed by atoms with Crippen molar-refractivity contribution in [1.29, 1.82) is 0 Å². The number of anilines is 1. The van der Waals surface area contributed by atoms with Crippen molar-refractivity contribution in [3.05, 3.63) is 59.7 Å². The second-order valence-electron chi connectivity index (χ2n) is 6.46. The third-order valence-corrected chi connectivity index (χ3v) is 5.50. The first kappa shape index (κ1) is 19.5. The van der Waals surface area contributed by atoms with Crippen LogP contribution in [0.5, 0.6) is 0 Å². The largest absolute Gasteiger partial charge is 0.380 e. The molecule has 5 nitrogen and oxygen atoms in total. The predicted octanol–water partition coefficient (Wildman–Crippen LogP) is 3.80. The minimum absolute atomic E-state index is 0.139. The van der Waals surface area contributed by atoms with Gasteiger partial charge < -0.3 is 15.0 Å². The van der Waals surface area contributed by atoms with E-state index < -0.39 is 0 Å². The number of methoxy groups -OCH3 is 1. The van der Waals surface area contributed by atoms with Gasteiger partial charge in [-0.05, 0) is 42.7 Å². The SMILES string of the molecule is COCc1cccc(NC(=O)c2ccccc2SCC(=O)N2CCCC2)c1. The second kappa shape index (κ2) is 9.58. The highest BCUT2D eigenvalue weighted by molar-refractivity contribution is 8.00. The maximum atomic E-state index is 12.8. The molecule has 0 spiro atoms. The zero-order valence-electron chi connectivity index (χ0n) is 15.4. The molecule has 2 amide bonds. The Bertz CT molecular complexity index is 804. The molecule has 0 aliphatic carbocycles. The van der Waals surface area contributed by atoms with Crippen molar-refractivity contribution in [2.45, 2.75) is 24.3 Å². The van der Waals surface area contributed by atoms with E-state index in [2.05, 4.69) is 5.32 Å². The molecule has 3 rings (SSSR count). The van der Waals surface area contributed by atoms with Gasteiger partial charge >= 0.3 is 0 Å². The van der Waals surface area contributed by atoms with E-state index in [1.807, 2.05) is 47.4 Å². The molecule has 27 heavy (non-hydrogen) atoms. The molecular weight excluding hydrogens is 360 g/mol. The first-order valence-electron chi connectivity index (χ1n) is 9.06. The van der Waals surface area contributed by atoms with Gasteiger partial charge in [0.2, 0.25) is 5.91 Å². The summed E-state index contributed by atoms with van der Waals surface area (Å²) in [5.41, 5.74) is 2.30. The van der Waals surface area contributed by atoms with E-state index in [1.54, 1.807) is 13.2 Å². The topological polar surface area (TPSA) is 58.6 Å². The highest BCUT2D eigenvalue weighted by Gasteiger charge is 2.19. The number of likely N-dealkylation sites (tertiary alicyclic amines) is 1. The third kappa shape index (κ3) is 5.34. The van der Waals surface area contributed by atoms with E-state index in [0.717, 1.165) is 42.1 Å². The van der Waals surface area contributed by atoms with Crippen LogP contribution >= 0.6 is 11.8 Å². The van der Waals surface area contributed by atoms with Crippen LogP contribution in [0.1, 0.15) is 28.8 Å². The van der Waals surface area contributed by atoms with Crippen LogP contribution in [-0.4, -0.2) is 42.7 Å². The molecule has 0 saturated carbocycles. The Morgan fingerprint density at radius 2 is 1.89 bits per heavy atom. The molecule has 2 aromatic rings. The van der Waals surface area contributed by atoms with Crippen molar-refractivity contribution in [2.75, 3.05) is 31.3 Å². The van der Waals surface area contributed by atoms with Gasteiger partial charge in [-0.25, -0.2) is 0 Å². The number of ether oxygens (including phenoxy) is 1. The van der Waals surface area contributed by atoms with E-state index in [-0.39, 0.29) is 11.8 Å². The number of amides is 2. The highest BCUT2D eigenvalue weighted by Crippen LogP contribution is 2.25. The maximum Gasteiger partial charge on any atom is 0.256 e. The number of nitrogens with zero attached hydrogens (tertiary/aromatic N) is 1. The van der Waals surface area contributed by atoms with Crippen LogP contribution in [0.3, 0.4) is 0 Å². The average molecular weight is 385 g/mol. The first-order valence-corrected chi connectivity index (χ1v) is 10.0. The zero-order chi connectivity index (χ0) is 19.1. The molecule has 1 N–H and O–H groups in total. The zero-order valence-corrected chi connectivity index (χ0v) is 16.3. The Kier molecular flexibility index (Phi) is 6.90. The number of rotatable bonds is 7. The molecule has 142 valence electrons. The Morgan fingerprint density at radius 1 is 1.11 bits per heavy atom. The fraction of sp³-hybridized carbons (Fsp3) is 0.333. The summed E-state index contributed by atoms with van der Waals surface area (Å²) in [6, 6.07) is 15.0.